The maximum Gasteiger partial charge on any atom is 0.375 e. The second kappa shape index (κ2) is 15.4. The van der Waals surface area contributed by atoms with Crippen LogP contribution < -0.4 is 0 Å². The summed E-state index contributed by atoms with van der Waals surface area (Å²) >= 11 is 0. The first-order valence-corrected chi connectivity index (χ1v) is 15.1. The Morgan fingerprint density at radius 1 is 1.00 bits per heavy atom. The molecule has 226 valence electrons. The summed E-state index contributed by atoms with van der Waals surface area (Å²) in [4.78, 5) is 38.0. The molecule has 2 unspecified atom stereocenters. The number of ether oxygens (including phenoxy) is 3. The number of allylic oxidation sites excluding steroid dienone is 1. The van der Waals surface area contributed by atoms with Gasteiger partial charge in [-0.1, -0.05) is 68.8 Å². The van der Waals surface area contributed by atoms with E-state index in [1.54, 1.807) is 48.5 Å². The number of epoxide rings is 1. The van der Waals surface area contributed by atoms with Crippen molar-refractivity contribution in [2.24, 2.45) is 17.8 Å². The minimum atomic E-state index is -1.51. The molecule has 0 amide bonds. The van der Waals surface area contributed by atoms with Crippen molar-refractivity contribution >= 4 is 17.9 Å². The number of carboxylic acid groups (broad SMARTS) is 1. The van der Waals surface area contributed by atoms with Gasteiger partial charge in [0.25, 0.3) is 5.76 Å². The van der Waals surface area contributed by atoms with Gasteiger partial charge >= 0.3 is 17.9 Å². The fraction of sp³-hybridized carbons (Fsp3) is 0.417. The van der Waals surface area contributed by atoms with Gasteiger partial charge in [-0.2, -0.15) is 0 Å². The molecule has 2 aromatic carbocycles. The molecule has 1 aliphatic heterocycles. The highest BCUT2D eigenvalue weighted by Gasteiger charge is 2.45. The third kappa shape index (κ3) is 9.17. The second-order valence-corrected chi connectivity index (χ2v) is 11.3. The zero-order valence-corrected chi connectivity index (χ0v) is 24.9. The van der Waals surface area contributed by atoms with Crippen molar-refractivity contribution < 1.29 is 33.7 Å². The fourth-order valence-electron chi connectivity index (χ4n) is 5.70. The molecular formula is C36H40O7. The molecule has 1 aliphatic carbocycles. The lowest BCUT2D eigenvalue weighted by molar-refractivity contribution is -0.136. The molecule has 2 aromatic rings. The van der Waals surface area contributed by atoms with Gasteiger partial charge in [-0.25, -0.2) is 14.4 Å². The van der Waals surface area contributed by atoms with Crippen LogP contribution >= 0.6 is 0 Å². The number of carbonyl (C=O) groups is 3. The van der Waals surface area contributed by atoms with Crippen molar-refractivity contribution in [3.8, 4) is 11.8 Å². The quantitative estimate of drug-likeness (QED) is 0.0656. The van der Waals surface area contributed by atoms with Crippen LogP contribution in [0.1, 0.15) is 85.9 Å². The van der Waals surface area contributed by atoms with Crippen molar-refractivity contribution in [2.75, 3.05) is 0 Å². The molecule has 7 heteroatoms. The van der Waals surface area contributed by atoms with E-state index in [9.17, 15) is 19.5 Å². The van der Waals surface area contributed by atoms with Crippen LogP contribution in [0.15, 0.2) is 84.3 Å². The van der Waals surface area contributed by atoms with E-state index in [4.69, 9.17) is 14.2 Å². The lowest BCUT2D eigenvalue weighted by Crippen LogP contribution is -2.19. The number of hydrogen-bond donors (Lipinski definition) is 1. The molecule has 1 saturated carbocycles. The van der Waals surface area contributed by atoms with Gasteiger partial charge in [0.15, 0.2) is 5.76 Å². The summed E-state index contributed by atoms with van der Waals surface area (Å²) in [5.74, 6) is 3.62. The van der Waals surface area contributed by atoms with Crippen LogP contribution in [0.2, 0.25) is 0 Å². The summed E-state index contributed by atoms with van der Waals surface area (Å²) in [6.07, 6.45) is 6.51. The molecule has 4 rings (SSSR count). The average molecular weight is 585 g/mol. The second-order valence-electron chi connectivity index (χ2n) is 11.3. The molecule has 2 fully saturated rings. The highest BCUT2D eigenvalue weighted by atomic mass is 16.6. The maximum absolute atomic E-state index is 12.9. The highest BCUT2D eigenvalue weighted by molar-refractivity contribution is 5.96. The Morgan fingerprint density at radius 2 is 1.63 bits per heavy atom. The monoisotopic (exact) mass is 584 g/mol. The standard InChI is InChI=1S/C36H40O7/c1-4-5-13-24(2)14-12-19-26-21-20-25(3)29(26)22-30-31(41-30)23-32(42-35(39)27-15-8-6-9-16-27)33(34(37)38)43-36(40)28-17-10-7-11-18-28/h6-11,15-18,24,26,29-31H,3-4,12,14,19-23H2,1-2H3,(H,37,38)/t24?,26-,29-,30-,31?/m0/s1. The molecule has 1 N–H and O–H groups in total. The first kappa shape index (κ1) is 31.8. The number of hydrogen-bond acceptors (Lipinski definition) is 6. The van der Waals surface area contributed by atoms with Gasteiger partial charge in [0, 0.05) is 18.8 Å². The number of aliphatic carboxylic acids is 1. The summed E-state index contributed by atoms with van der Waals surface area (Å²) in [7, 11) is 0. The van der Waals surface area contributed by atoms with Crippen LogP contribution in [0.4, 0.5) is 0 Å². The maximum atomic E-state index is 12.9. The van der Waals surface area contributed by atoms with Gasteiger partial charge < -0.3 is 19.3 Å². The molecule has 0 bridgehead atoms. The smallest absolute Gasteiger partial charge is 0.375 e. The van der Waals surface area contributed by atoms with E-state index in [2.05, 4.69) is 32.3 Å². The topological polar surface area (TPSA) is 102 Å². The van der Waals surface area contributed by atoms with E-state index in [0.717, 1.165) is 44.9 Å². The van der Waals surface area contributed by atoms with E-state index in [0.29, 0.717) is 17.8 Å². The van der Waals surface area contributed by atoms with Crippen LogP contribution in [-0.2, 0) is 19.0 Å². The first-order valence-electron chi connectivity index (χ1n) is 15.1. The molecule has 0 spiro atoms. The molecule has 2 aliphatic rings. The molecule has 43 heavy (non-hydrogen) atoms. The van der Waals surface area contributed by atoms with E-state index < -0.39 is 23.7 Å². The van der Waals surface area contributed by atoms with Gasteiger partial charge in [0.2, 0.25) is 0 Å². The lowest BCUT2D eigenvalue weighted by Gasteiger charge is -2.20. The number of carbonyl (C=O) groups excluding carboxylic acids is 2. The van der Waals surface area contributed by atoms with Crippen LogP contribution in [0.3, 0.4) is 0 Å². The predicted octanol–water partition coefficient (Wildman–Crippen LogP) is 7.35. The van der Waals surface area contributed by atoms with Crippen molar-refractivity contribution in [1.29, 1.82) is 0 Å². The van der Waals surface area contributed by atoms with Gasteiger partial charge in [-0.3, -0.25) is 0 Å². The molecule has 0 aromatic heterocycles. The Hall–Kier alpha value is -4.15. The van der Waals surface area contributed by atoms with Crippen LogP contribution in [0, 0.1) is 29.6 Å². The summed E-state index contributed by atoms with van der Waals surface area (Å²) in [6, 6.07) is 16.3. The zero-order chi connectivity index (χ0) is 30.8. The predicted molar refractivity (Wildman–Crippen MR) is 163 cm³/mol. The number of esters is 2. The minimum absolute atomic E-state index is 0.0234. The van der Waals surface area contributed by atoms with Crippen LogP contribution in [0.5, 0.6) is 0 Å². The largest absolute Gasteiger partial charge is 0.475 e. The average Bonchev–Trinajstić information content (AvgIpc) is 3.66. The Labute approximate surface area is 253 Å². The van der Waals surface area contributed by atoms with E-state index in [-0.39, 0.29) is 35.5 Å². The van der Waals surface area contributed by atoms with Crippen molar-refractivity contribution in [3.05, 3.63) is 95.5 Å². The Kier molecular flexibility index (Phi) is 11.4. The van der Waals surface area contributed by atoms with Crippen molar-refractivity contribution in [2.45, 2.75) is 77.4 Å². The normalized spacial score (nSPS) is 22.0. The van der Waals surface area contributed by atoms with E-state index in [1.165, 1.54) is 17.7 Å². The Morgan fingerprint density at radius 3 is 2.23 bits per heavy atom. The molecule has 7 nitrogen and oxygen atoms in total. The number of carboxylic acids is 1. The van der Waals surface area contributed by atoms with Crippen LogP contribution in [0.25, 0.3) is 0 Å². The molecule has 1 saturated heterocycles. The Balaban J connectivity index is 1.45. The number of benzene rings is 2. The molecule has 0 radical (unpaired) electrons. The third-order valence-electron chi connectivity index (χ3n) is 8.10. The summed E-state index contributed by atoms with van der Waals surface area (Å²) in [6.45, 7) is 8.57. The lowest BCUT2D eigenvalue weighted by atomic mass is 9.84. The highest BCUT2D eigenvalue weighted by Crippen LogP contribution is 2.45. The van der Waals surface area contributed by atoms with Gasteiger partial charge in [0.1, 0.15) is 0 Å². The van der Waals surface area contributed by atoms with Crippen molar-refractivity contribution in [1.82, 2.24) is 0 Å². The van der Waals surface area contributed by atoms with E-state index in [1.807, 2.05) is 0 Å². The van der Waals surface area contributed by atoms with Gasteiger partial charge in [-0.15, -0.1) is 11.8 Å². The minimum Gasteiger partial charge on any atom is -0.475 e. The zero-order valence-electron chi connectivity index (χ0n) is 24.9. The van der Waals surface area contributed by atoms with Gasteiger partial charge in [0.05, 0.1) is 23.3 Å². The third-order valence-corrected chi connectivity index (χ3v) is 8.10. The van der Waals surface area contributed by atoms with Gasteiger partial charge in [-0.05, 0) is 68.2 Å². The summed E-state index contributed by atoms with van der Waals surface area (Å²) < 4.78 is 16.9. The van der Waals surface area contributed by atoms with E-state index >= 15 is 0 Å². The summed E-state index contributed by atoms with van der Waals surface area (Å²) in [5.41, 5.74) is 1.65. The summed E-state index contributed by atoms with van der Waals surface area (Å²) in [5, 5.41) is 10.0. The SMILES string of the molecule is C=C1CC[C@H](CCCC(C)C#CCC)[C@H]1C[C@@H]1OC1CC(OC(=O)c1ccccc1)=C(OC(=O)c1ccccc1)C(=O)O. The number of rotatable bonds is 13. The fourth-order valence-corrected chi connectivity index (χ4v) is 5.70. The Bertz CT molecular complexity index is 1380. The van der Waals surface area contributed by atoms with Crippen LogP contribution in [-0.4, -0.2) is 35.2 Å². The first-order chi connectivity index (χ1) is 20.8. The van der Waals surface area contributed by atoms with Crippen molar-refractivity contribution in [3.63, 3.8) is 0 Å². The molecule has 5 atom stereocenters. The molecular weight excluding hydrogens is 544 g/mol. The molecule has 1 heterocycles.